The van der Waals surface area contributed by atoms with E-state index in [4.69, 9.17) is 4.74 Å². The number of fused-ring (bicyclic) bond motifs is 3. The molecule has 30 heavy (non-hydrogen) atoms. The molecule has 2 aromatic carbocycles. The van der Waals surface area contributed by atoms with Crippen LogP contribution >= 0.6 is 11.8 Å². The van der Waals surface area contributed by atoms with Crippen molar-refractivity contribution in [1.82, 2.24) is 4.90 Å². The molecule has 0 aromatic heterocycles. The van der Waals surface area contributed by atoms with Crippen molar-refractivity contribution >= 4 is 29.8 Å². The van der Waals surface area contributed by atoms with E-state index in [2.05, 4.69) is 17.0 Å². The summed E-state index contributed by atoms with van der Waals surface area (Å²) in [5, 5.41) is 9.55. The van der Waals surface area contributed by atoms with Crippen LogP contribution < -0.4 is 9.64 Å². The molecule has 6 nitrogen and oxygen atoms in total. The van der Waals surface area contributed by atoms with Gasteiger partial charge in [-0.05, 0) is 65.6 Å². The molecular weight excluding hydrogens is 400 g/mol. The molecule has 0 bridgehead atoms. The van der Waals surface area contributed by atoms with Crippen molar-refractivity contribution in [2.75, 3.05) is 37.4 Å². The monoisotopic (exact) mass is 424 g/mol. The number of amides is 1. The van der Waals surface area contributed by atoms with Crippen LogP contribution in [0.1, 0.15) is 34.7 Å². The number of methoxy groups -OCH3 is 1. The molecule has 1 saturated heterocycles. The number of piperidine rings is 1. The van der Waals surface area contributed by atoms with E-state index in [-0.39, 0.29) is 5.92 Å². The average molecular weight is 425 g/mol. The second-order valence-corrected chi connectivity index (χ2v) is 9.21. The Bertz CT molecular complexity index is 1020. The third kappa shape index (κ3) is 3.03. The Kier molecular flexibility index (Phi) is 4.85. The van der Waals surface area contributed by atoms with Gasteiger partial charge in [-0.1, -0.05) is 0 Å². The lowest BCUT2D eigenvalue weighted by atomic mass is 9.87. The second kappa shape index (κ2) is 7.54. The Balaban J connectivity index is 1.65. The van der Waals surface area contributed by atoms with E-state index in [1.165, 1.54) is 16.1 Å². The molecule has 0 aliphatic carbocycles. The fraction of sp³-hybridized carbons (Fsp3) is 0.391. The van der Waals surface area contributed by atoms with Crippen molar-refractivity contribution in [3.05, 3.63) is 41.5 Å². The number of anilines is 1. The molecule has 0 spiro atoms. The predicted molar refractivity (Wildman–Crippen MR) is 117 cm³/mol. The first-order valence-corrected chi connectivity index (χ1v) is 11.3. The first-order valence-electron chi connectivity index (χ1n) is 10.3. The minimum Gasteiger partial charge on any atom is -0.497 e. The number of thioether (sulfide) groups is 1. The molecule has 0 unspecified atom stereocenters. The van der Waals surface area contributed by atoms with Gasteiger partial charge in [0.1, 0.15) is 5.75 Å². The summed E-state index contributed by atoms with van der Waals surface area (Å²) in [6.45, 7) is 2.13. The smallest absolute Gasteiger partial charge is 0.407 e. The number of ether oxygens (including phenoxy) is 1. The van der Waals surface area contributed by atoms with Crippen LogP contribution in [0.4, 0.5) is 10.5 Å². The van der Waals surface area contributed by atoms with Gasteiger partial charge >= 0.3 is 6.09 Å². The van der Waals surface area contributed by atoms with Crippen LogP contribution in [0.25, 0.3) is 11.1 Å². The van der Waals surface area contributed by atoms with Gasteiger partial charge in [0.2, 0.25) is 0 Å². The minimum absolute atomic E-state index is 0.167. The molecule has 5 rings (SSSR count). The van der Waals surface area contributed by atoms with E-state index < -0.39 is 6.09 Å². The topological polar surface area (TPSA) is 70.1 Å². The summed E-state index contributed by atoms with van der Waals surface area (Å²) in [7, 11) is 1.59. The van der Waals surface area contributed by atoms with Crippen LogP contribution in [0.15, 0.2) is 35.2 Å². The summed E-state index contributed by atoms with van der Waals surface area (Å²) in [5.74, 6) is 1.89. The van der Waals surface area contributed by atoms with Gasteiger partial charge in [-0.25, -0.2) is 4.79 Å². The molecule has 3 heterocycles. The van der Waals surface area contributed by atoms with Gasteiger partial charge in [-0.3, -0.25) is 4.79 Å². The average Bonchev–Trinajstić information content (AvgIpc) is 2.92. The van der Waals surface area contributed by atoms with Crippen LogP contribution in [0.3, 0.4) is 0 Å². The molecule has 2 atom stereocenters. The van der Waals surface area contributed by atoms with Gasteiger partial charge in [-0.15, -0.1) is 11.8 Å². The van der Waals surface area contributed by atoms with Gasteiger partial charge in [0, 0.05) is 42.1 Å². The zero-order chi connectivity index (χ0) is 20.8. The summed E-state index contributed by atoms with van der Waals surface area (Å²) in [6, 6.07) is 10.3. The number of benzene rings is 2. The first kappa shape index (κ1) is 19.3. The lowest BCUT2D eigenvalue weighted by Gasteiger charge is -2.37. The SMILES string of the molecule is COc1ccc(-c2cc3c4c(c2)[C@@H]2CN(C(=O)O)CC[C@@H]2N4CCCS3)c(C=O)c1. The lowest BCUT2D eigenvalue weighted by molar-refractivity contribution is 0.112. The number of hydrogen-bond acceptors (Lipinski definition) is 5. The highest BCUT2D eigenvalue weighted by molar-refractivity contribution is 7.99. The van der Waals surface area contributed by atoms with Crippen molar-refractivity contribution in [3.8, 4) is 16.9 Å². The highest BCUT2D eigenvalue weighted by Gasteiger charge is 2.44. The summed E-state index contributed by atoms with van der Waals surface area (Å²) in [6.07, 6.45) is 2.00. The van der Waals surface area contributed by atoms with Crippen molar-refractivity contribution in [2.45, 2.75) is 29.7 Å². The van der Waals surface area contributed by atoms with Crippen molar-refractivity contribution in [3.63, 3.8) is 0 Å². The molecule has 1 amide bonds. The Hall–Kier alpha value is -2.67. The zero-order valence-electron chi connectivity index (χ0n) is 16.8. The summed E-state index contributed by atoms with van der Waals surface area (Å²) < 4.78 is 5.28. The number of carbonyl (C=O) groups is 2. The molecule has 3 aliphatic heterocycles. The van der Waals surface area contributed by atoms with E-state index in [0.29, 0.717) is 30.4 Å². The van der Waals surface area contributed by atoms with Crippen LogP contribution in [0.5, 0.6) is 5.75 Å². The number of carboxylic acid groups (broad SMARTS) is 1. The largest absolute Gasteiger partial charge is 0.497 e. The van der Waals surface area contributed by atoms with Gasteiger partial charge < -0.3 is 19.6 Å². The summed E-state index contributed by atoms with van der Waals surface area (Å²) in [4.78, 5) is 28.7. The Morgan fingerprint density at radius 1 is 1.27 bits per heavy atom. The van der Waals surface area contributed by atoms with Gasteiger partial charge in [0.15, 0.2) is 6.29 Å². The third-order valence-electron chi connectivity index (χ3n) is 6.54. The standard InChI is InChI=1S/C23H24N2O4S/c1-29-16-3-4-17(15(9-16)13-26)14-10-18-19-12-24(23(27)28)7-5-20(19)25-6-2-8-30-21(11-14)22(18)25/h3-4,9-11,13,19-20H,2,5-8,12H2,1H3,(H,27,28)/t19-,20-/m0/s1. The number of carbonyl (C=O) groups excluding carboxylic acids is 1. The summed E-state index contributed by atoms with van der Waals surface area (Å²) in [5.41, 5.74) is 5.00. The fourth-order valence-electron chi connectivity index (χ4n) is 5.17. The van der Waals surface area contributed by atoms with Crippen molar-refractivity contribution in [1.29, 1.82) is 0 Å². The molecule has 0 saturated carbocycles. The number of likely N-dealkylation sites (tertiary alicyclic amines) is 1. The lowest BCUT2D eigenvalue weighted by Crippen LogP contribution is -2.48. The number of aldehydes is 1. The molecule has 2 aromatic rings. The third-order valence-corrected chi connectivity index (χ3v) is 7.65. The molecular formula is C23H24N2O4S. The number of rotatable bonds is 3. The van der Waals surface area contributed by atoms with Gasteiger partial charge in [-0.2, -0.15) is 0 Å². The molecule has 156 valence electrons. The minimum atomic E-state index is -0.843. The molecule has 3 aliphatic rings. The highest BCUT2D eigenvalue weighted by atomic mass is 32.2. The first-order chi connectivity index (χ1) is 14.6. The fourth-order valence-corrected chi connectivity index (χ4v) is 6.24. The molecule has 1 fully saturated rings. The number of hydrogen-bond donors (Lipinski definition) is 1. The molecule has 1 N–H and O–H groups in total. The molecule has 7 heteroatoms. The zero-order valence-corrected chi connectivity index (χ0v) is 17.7. The Labute approximate surface area is 179 Å². The van der Waals surface area contributed by atoms with Crippen LogP contribution in [0, 0.1) is 0 Å². The predicted octanol–water partition coefficient (Wildman–Crippen LogP) is 4.33. The maximum Gasteiger partial charge on any atom is 0.407 e. The van der Waals surface area contributed by atoms with E-state index in [0.717, 1.165) is 42.6 Å². The Morgan fingerprint density at radius 2 is 2.13 bits per heavy atom. The normalized spacial score (nSPS) is 22.2. The van der Waals surface area contributed by atoms with E-state index in [1.54, 1.807) is 18.1 Å². The summed E-state index contributed by atoms with van der Waals surface area (Å²) >= 11 is 1.87. The van der Waals surface area contributed by atoms with Crippen LogP contribution in [-0.4, -0.2) is 60.9 Å². The maximum atomic E-state index is 11.8. The van der Waals surface area contributed by atoms with E-state index >= 15 is 0 Å². The van der Waals surface area contributed by atoms with Crippen molar-refractivity contribution in [2.24, 2.45) is 0 Å². The highest BCUT2D eigenvalue weighted by Crippen LogP contribution is 2.52. The quantitative estimate of drug-likeness (QED) is 0.740. The molecule has 0 radical (unpaired) electrons. The van der Waals surface area contributed by atoms with E-state index in [9.17, 15) is 14.7 Å². The van der Waals surface area contributed by atoms with E-state index in [1.807, 2.05) is 23.9 Å². The number of nitrogens with zero attached hydrogens (tertiary/aromatic N) is 2. The second-order valence-electron chi connectivity index (χ2n) is 8.07. The van der Waals surface area contributed by atoms with Crippen LogP contribution in [-0.2, 0) is 0 Å². The maximum absolute atomic E-state index is 11.8. The van der Waals surface area contributed by atoms with Gasteiger partial charge in [0.25, 0.3) is 0 Å². The van der Waals surface area contributed by atoms with Gasteiger partial charge in [0.05, 0.1) is 12.8 Å². The van der Waals surface area contributed by atoms with Crippen LogP contribution in [0.2, 0.25) is 0 Å². The van der Waals surface area contributed by atoms with Crippen molar-refractivity contribution < 1.29 is 19.4 Å². The Morgan fingerprint density at radius 3 is 2.90 bits per heavy atom.